The quantitative estimate of drug-likeness (QED) is 0.555. The van der Waals surface area contributed by atoms with Crippen LogP contribution in [0.25, 0.3) is 5.69 Å². The highest BCUT2D eigenvalue weighted by atomic mass is 16.5. The number of carbonyl (C=O) groups excluding carboxylic acids is 1. The van der Waals surface area contributed by atoms with Gasteiger partial charge in [0.25, 0.3) is 17.0 Å². The number of nitrogens with one attached hydrogen (secondary N) is 2. The highest BCUT2D eigenvalue weighted by molar-refractivity contribution is 5.93. The van der Waals surface area contributed by atoms with Gasteiger partial charge in [0.05, 0.1) is 24.8 Å². The number of amides is 1. The maximum atomic E-state index is 12.8. The van der Waals surface area contributed by atoms with E-state index in [0.717, 1.165) is 42.1 Å². The Balaban J connectivity index is 1.45. The second kappa shape index (κ2) is 9.68. The lowest BCUT2D eigenvalue weighted by molar-refractivity contribution is 0.0949. The van der Waals surface area contributed by atoms with E-state index in [0.29, 0.717) is 17.4 Å². The normalized spacial score (nSPS) is 13.7. The predicted octanol–water partition coefficient (Wildman–Crippen LogP) is 1.18. The monoisotopic (exact) mass is 451 g/mol. The van der Waals surface area contributed by atoms with E-state index in [1.807, 2.05) is 0 Å². The van der Waals surface area contributed by atoms with Crippen molar-refractivity contribution in [3.8, 4) is 11.4 Å². The molecule has 172 valence electrons. The number of rotatable bonds is 7. The van der Waals surface area contributed by atoms with Crippen molar-refractivity contribution < 1.29 is 9.53 Å². The van der Waals surface area contributed by atoms with Gasteiger partial charge in [-0.2, -0.15) is 0 Å². The Morgan fingerprint density at radius 1 is 1.18 bits per heavy atom. The van der Waals surface area contributed by atoms with Crippen LogP contribution in [0.4, 0.5) is 0 Å². The van der Waals surface area contributed by atoms with E-state index in [1.165, 1.54) is 18.0 Å². The van der Waals surface area contributed by atoms with Gasteiger partial charge in [-0.1, -0.05) is 12.8 Å². The van der Waals surface area contributed by atoms with E-state index < -0.39 is 17.2 Å². The average Bonchev–Trinajstić information content (AvgIpc) is 3.35. The highest BCUT2D eigenvalue weighted by Crippen LogP contribution is 2.32. The van der Waals surface area contributed by atoms with Gasteiger partial charge in [-0.25, -0.2) is 14.3 Å². The van der Waals surface area contributed by atoms with E-state index >= 15 is 0 Å². The second-order valence-corrected chi connectivity index (χ2v) is 7.93. The van der Waals surface area contributed by atoms with Crippen molar-refractivity contribution in [3.05, 3.63) is 85.3 Å². The second-order valence-electron chi connectivity index (χ2n) is 7.93. The number of aromatic nitrogens is 4. The third kappa shape index (κ3) is 4.79. The predicted molar refractivity (Wildman–Crippen MR) is 121 cm³/mol. The molecule has 3 aromatic rings. The van der Waals surface area contributed by atoms with Crippen molar-refractivity contribution in [2.45, 2.75) is 38.1 Å². The molecule has 1 fully saturated rings. The van der Waals surface area contributed by atoms with Crippen LogP contribution in [0.2, 0.25) is 0 Å². The number of H-pyrrole nitrogens is 1. The van der Waals surface area contributed by atoms with E-state index in [4.69, 9.17) is 4.74 Å². The highest BCUT2D eigenvalue weighted by Gasteiger charge is 2.19. The van der Waals surface area contributed by atoms with Crippen molar-refractivity contribution in [2.24, 2.45) is 0 Å². The van der Waals surface area contributed by atoms with Gasteiger partial charge >= 0.3 is 5.69 Å². The minimum absolute atomic E-state index is 0.115. The van der Waals surface area contributed by atoms with Gasteiger partial charge in [-0.3, -0.25) is 19.0 Å². The number of hydrogen-bond donors (Lipinski definition) is 2. The third-order valence-corrected chi connectivity index (χ3v) is 5.86. The van der Waals surface area contributed by atoms with Crippen LogP contribution in [0.15, 0.2) is 57.2 Å². The van der Waals surface area contributed by atoms with Gasteiger partial charge in [-0.15, -0.1) is 0 Å². The van der Waals surface area contributed by atoms with Gasteiger partial charge in [0.15, 0.2) is 0 Å². The van der Waals surface area contributed by atoms with Crippen LogP contribution < -0.4 is 26.9 Å². The van der Waals surface area contributed by atoms with Crippen molar-refractivity contribution >= 4 is 5.91 Å². The van der Waals surface area contributed by atoms with Crippen LogP contribution >= 0.6 is 0 Å². The Labute approximate surface area is 188 Å². The van der Waals surface area contributed by atoms with Gasteiger partial charge in [-0.05, 0) is 37.1 Å². The molecule has 0 atom stereocenters. The van der Waals surface area contributed by atoms with Crippen molar-refractivity contribution in [1.29, 1.82) is 0 Å². The summed E-state index contributed by atoms with van der Waals surface area (Å²) >= 11 is 0. The maximum absolute atomic E-state index is 12.8. The molecule has 0 radical (unpaired) electrons. The van der Waals surface area contributed by atoms with E-state index in [9.17, 15) is 19.2 Å². The van der Waals surface area contributed by atoms with Crippen LogP contribution in [-0.4, -0.2) is 38.7 Å². The molecule has 4 rings (SSSR count). The fourth-order valence-corrected chi connectivity index (χ4v) is 4.04. The molecule has 0 aliphatic heterocycles. The Morgan fingerprint density at radius 2 is 1.91 bits per heavy atom. The van der Waals surface area contributed by atoms with Gasteiger partial charge < -0.3 is 15.0 Å². The topological polar surface area (TPSA) is 128 Å². The molecule has 0 unspecified atom stereocenters. The van der Waals surface area contributed by atoms with Crippen LogP contribution in [0.3, 0.4) is 0 Å². The van der Waals surface area contributed by atoms with Crippen molar-refractivity contribution in [3.63, 3.8) is 0 Å². The van der Waals surface area contributed by atoms with E-state index in [1.54, 1.807) is 30.3 Å². The summed E-state index contributed by atoms with van der Waals surface area (Å²) in [6, 6.07) is 7.88. The summed E-state index contributed by atoms with van der Waals surface area (Å²) in [5.41, 5.74) is -0.677. The summed E-state index contributed by atoms with van der Waals surface area (Å²) in [6.07, 6.45) is 7.02. The Bertz CT molecular complexity index is 1320. The lowest BCUT2D eigenvalue weighted by Crippen LogP contribution is -2.40. The summed E-state index contributed by atoms with van der Waals surface area (Å²) in [5.74, 6) is 0.264. The summed E-state index contributed by atoms with van der Waals surface area (Å²) in [5, 5.41) is 2.62. The van der Waals surface area contributed by atoms with Gasteiger partial charge in [0.2, 0.25) is 0 Å². The first kappa shape index (κ1) is 22.3. The Morgan fingerprint density at radius 3 is 2.58 bits per heavy atom. The first-order valence-corrected chi connectivity index (χ1v) is 10.8. The van der Waals surface area contributed by atoms with Crippen molar-refractivity contribution in [2.75, 3.05) is 13.7 Å². The standard InChI is InChI=1S/C23H25N5O5/c1-33-17-8-6-16(7-9-17)28-22(31)18(13-25-23(28)32)21(30)24-10-11-27-14-26-19(12-20(27)29)15-4-2-3-5-15/h6-9,12-15H,2-5,10-11H2,1H3,(H,24,30)(H,25,32). The maximum Gasteiger partial charge on any atom is 0.333 e. The van der Waals surface area contributed by atoms with Crippen LogP contribution in [-0.2, 0) is 6.54 Å². The fourth-order valence-electron chi connectivity index (χ4n) is 4.04. The van der Waals surface area contributed by atoms with E-state index in [-0.39, 0.29) is 24.2 Å². The molecule has 0 spiro atoms. The molecule has 0 bridgehead atoms. The number of carbonyl (C=O) groups is 1. The summed E-state index contributed by atoms with van der Waals surface area (Å²) < 4.78 is 7.38. The first-order chi connectivity index (χ1) is 16.0. The SMILES string of the molecule is COc1ccc(-n2c(=O)[nH]cc(C(=O)NCCn3cnc(C4CCCC4)cc3=O)c2=O)cc1. The molecule has 10 heteroatoms. The molecule has 1 saturated carbocycles. The minimum atomic E-state index is -0.749. The molecule has 33 heavy (non-hydrogen) atoms. The van der Waals surface area contributed by atoms with Crippen LogP contribution in [0.1, 0.15) is 47.7 Å². The number of ether oxygens (including phenoxy) is 1. The Kier molecular flexibility index (Phi) is 6.53. The number of hydrogen-bond acceptors (Lipinski definition) is 6. The molecule has 10 nitrogen and oxygen atoms in total. The zero-order valence-corrected chi connectivity index (χ0v) is 18.2. The third-order valence-electron chi connectivity index (χ3n) is 5.86. The first-order valence-electron chi connectivity index (χ1n) is 10.8. The zero-order chi connectivity index (χ0) is 23.4. The number of nitrogens with zero attached hydrogens (tertiary/aromatic N) is 3. The van der Waals surface area contributed by atoms with Gasteiger partial charge in [0, 0.05) is 31.3 Å². The molecular weight excluding hydrogens is 426 g/mol. The number of methoxy groups -OCH3 is 1. The molecule has 2 N–H and O–H groups in total. The fraction of sp³-hybridized carbons (Fsp3) is 0.348. The minimum Gasteiger partial charge on any atom is -0.497 e. The lowest BCUT2D eigenvalue weighted by atomic mass is 10.0. The lowest BCUT2D eigenvalue weighted by Gasteiger charge is -2.11. The largest absolute Gasteiger partial charge is 0.497 e. The van der Waals surface area contributed by atoms with Crippen molar-refractivity contribution in [1.82, 2.24) is 24.4 Å². The zero-order valence-electron chi connectivity index (χ0n) is 18.2. The van der Waals surface area contributed by atoms with Gasteiger partial charge in [0.1, 0.15) is 11.3 Å². The molecule has 2 heterocycles. The molecule has 1 aromatic carbocycles. The molecule has 1 aliphatic rings. The number of benzene rings is 1. The molecule has 2 aromatic heterocycles. The van der Waals surface area contributed by atoms with Crippen LogP contribution in [0, 0.1) is 0 Å². The summed E-state index contributed by atoms with van der Waals surface area (Å²) in [7, 11) is 1.51. The summed E-state index contributed by atoms with van der Waals surface area (Å²) in [6.45, 7) is 0.322. The molecule has 1 amide bonds. The molecule has 0 saturated heterocycles. The average molecular weight is 451 g/mol. The number of aromatic amines is 1. The van der Waals surface area contributed by atoms with E-state index in [2.05, 4.69) is 15.3 Å². The molecule has 1 aliphatic carbocycles. The smallest absolute Gasteiger partial charge is 0.333 e. The Hall–Kier alpha value is -3.95. The summed E-state index contributed by atoms with van der Waals surface area (Å²) in [4.78, 5) is 56.9. The van der Waals surface area contributed by atoms with Crippen LogP contribution in [0.5, 0.6) is 5.75 Å². The molecular formula is C23H25N5O5.